The van der Waals surface area contributed by atoms with Gasteiger partial charge in [-0.1, -0.05) is 12.1 Å². The summed E-state index contributed by atoms with van der Waals surface area (Å²) in [6.45, 7) is 3.57. The number of carbonyl (C=O) groups excluding carboxylic acids is 1. The summed E-state index contributed by atoms with van der Waals surface area (Å²) < 4.78 is 43.4. The molecule has 0 atom stereocenters. The van der Waals surface area contributed by atoms with Crippen LogP contribution in [0.5, 0.6) is 0 Å². The normalized spacial score (nSPS) is 11.9. The number of amides is 1. The van der Waals surface area contributed by atoms with Crippen molar-refractivity contribution in [2.45, 2.75) is 33.0 Å². The van der Waals surface area contributed by atoms with Gasteiger partial charge in [0.2, 0.25) is 15.9 Å². The highest BCUT2D eigenvalue weighted by atomic mass is 32.2. The number of carbonyl (C=O) groups is 1. The molecule has 6 nitrogen and oxygen atoms in total. The fourth-order valence-corrected chi connectivity index (χ4v) is 3.66. The Morgan fingerprint density at radius 2 is 1.81 bits per heavy atom. The third-order valence-electron chi connectivity index (χ3n) is 3.86. The maximum Gasteiger partial charge on any atom is 0.238 e. The molecule has 8 heteroatoms. The van der Waals surface area contributed by atoms with E-state index >= 15 is 0 Å². The van der Waals surface area contributed by atoms with Crippen molar-refractivity contribution in [1.29, 1.82) is 0 Å². The molecule has 1 aromatic heterocycles. The molecular weight excluding hydrogens is 359 g/mol. The molecule has 0 fully saturated rings. The molecule has 26 heavy (non-hydrogen) atoms. The molecule has 0 bridgehead atoms. The fraction of sp³-hybridized carbons (Fsp3) is 0.389. The molecular formula is C18H23FN2O4S. The minimum Gasteiger partial charge on any atom is -0.467 e. The Balaban J connectivity index is 2.21. The van der Waals surface area contributed by atoms with Gasteiger partial charge in [-0.2, -0.15) is 4.31 Å². The van der Waals surface area contributed by atoms with Crippen molar-refractivity contribution in [1.82, 2.24) is 9.21 Å². The van der Waals surface area contributed by atoms with Gasteiger partial charge in [0.15, 0.2) is 0 Å². The summed E-state index contributed by atoms with van der Waals surface area (Å²) in [5, 5.41) is 0. The van der Waals surface area contributed by atoms with Gasteiger partial charge in [0.1, 0.15) is 11.6 Å². The summed E-state index contributed by atoms with van der Waals surface area (Å²) in [7, 11) is -3.52. The summed E-state index contributed by atoms with van der Waals surface area (Å²) >= 11 is 0. The van der Waals surface area contributed by atoms with Gasteiger partial charge in [-0.15, -0.1) is 0 Å². The van der Waals surface area contributed by atoms with Crippen molar-refractivity contribution >= 4 is 15.9 Å². The van der Waals surface area contributed by atoms with E-state index in [0.29, 0.717) is 5.76 Å². The van der Waals surface area contributed by atoms with E-state index in [2.05, 4.69) is 0 Å². The van der Waals surface area contributed by atoms with Crippen LogP contribution in [0.25, 0.3) is 0 Å². The van der Waals surface area contributed by atoms with Crippen molar-refractivity contribution in [3.8, 4) is 0 Å². The largest absolute Gasteiger partial charge is 0.467 e. The lowest BCUT2D eigenvalue weighted by molar-refractivity contribution is -0.133. The topological polar surface area (TPSA) is 70.8 Å². The number of hydrogen-bond donors (Lipinski definition) is 0. The summed E-state index contributed by atoms with van der Waals surface area (Å²) in [5.74, 6) is -0.138. The Hall–Kier alpha value is -2.19. The van der Waals surface area contributed by atoms with Crippen LogP contribution >= 0.6 is 0 Å². The fourth-order valence-electron chi connectivity index (χ4n) is 2.55. The lowest BCUT2D eigenvalue weighted by Crippen LogP contribution is -2.45. The van der Waals surface area contributed by atoms with E-state index in [0.717, 1.165) is 16.1 Å². The van der Waals surface area contributed by atoms with E-state index in [1.54, 1.807) is 38.1 Å². The van der Waals surface area contributed by atoms with Crippen LogP contribution in [0, 0.1) is 5.82 Å². The highest BCUT2D eigenvalue weighted by molar-refractivity contribution is 7.88. The quantitative estimate of drug-likeness (QED) is 0.704. The molecule has 0 spiro atoms. The average Bonchev–Trinajstić information content (AvgIpc) is 3.05. The molecule has 0 saturated carbocycles. The van der Waals surface area contributed by atoms with Crippen LogP contribution in [-0.2, 0) is 27.9 Å². The molecule has 1 heterocycles. The molecule has 0 N–H and O–H groups in total. The van der Waals surface area contributed by atoms with Crippen LogP contribution in [0.15, 0.2) is 47.1 Å². The van der Waals surface area contributed by atoms with Crippen LogP contribution in [-0.4, -0.2) is 42.4 Å². The first-order valence-electron chi connectivity index (χ1n) is 8.18. The first-order chi connectivity index (χ1) is 12.2. The summed E-state index contributed by atoms with van der Waals surface area (Å²) in [4.78, 5) is 14.3. The maximum absolute atomic E-state index is 13.1. The minimum atomic E-state index is -3.52. The minimum absolute atomic E-state index is 0.193. The second-order valence-corrected chi connectivity index (χ2v) is 8.29. The van der Waals surface area contributed by atoms with Gasteiger partial charge in [-0.25, -0.2) is 12.8 Å². The lowest BCUT2D eigenvalue weighted by Gasteiger charge is -2.28. The molecule has 0 aliphatic heterocycles. The second-order valence-electron chi connectivity index (χ2n) is 6.36. The number of hydrogen-bond acceptors (Lipinski definition) is 4. The molecule has 1 aromatic carbocycles. The van der Waals surface area contributed by atoms with Crippen molar-refractivity contribution in [2.24, 2.45) is 0 Å². The van der Waals surface area contributed by atoms with Gasteiger partial charge < -0.3 is 9.32 Å². The van der Waals surface area contributed by atoms with Gasteiger partial charge in [0.05, 0.1) is 25.6 Å². The average molecular weight is 382 g/mol. The molecule has 2 aromatic rings. The smallest absolute Gasteiger partial charge is 0.238 e. The van der Waals surface area contributed by atoms with Crippen LogP contribution in [0.1, 0.15) is 25.2 Å². The molecule has 0 saturated heterocycles. The Morgan fingerprint density at radius 1 is 1.15 bits per heavy atom. The van der Waals surface area contributed by atoms with Gasteiger partial charge >= 0.3 is 0 Å². The van der Waals surface area contributed by atoms with Crippen molar-refractivity contribution < 1.29 is 22.0 Å². The Kier molecular flexibility index (Phi) is 6.55. The van der Waals surface area contributed by atoms with E-state index in [1.807, 2.05) is 0 Å². The van der Waals surface area contributed by atoms with E-state index in [-0.39, 0.29) is 37.4 Å². The SMILES string of the molecule is CC(C)N(CC(=O)N(Cc1ccc(F)cc1)Cc1ccco1)S(C)(=O)=O. The highest BCUT2D eigenvalue weighted by Gasteiger charge is 2.26. The third kappa shape index (κ3) is 5.67. The monoisotopic (exact) mass is 382 g/mol. The maximum atomic E-state index is 13.1. The first-order valence-corrected chi connectivity index (χ1v) is 10.0. The predicted octanol–water partition coefficient (Wildman–Crippen LogP) is 2.62. The molecule has 0 aliphatic rings. The van der Waals surface area contributed by atoms with Crippen LogP contribution in [0.3, 0.4) is 0 Å². The Morgan fingerprint density at radius 3 is 2.31 bits per heavy atom. The summed E-state index contributed by atoms with van der Waals surface area (Å²) in [6.07, 6.45) is 2.59. The van der Waals surface area contributed by atoms with E-state index in [1.165, 1.54) is 23.3 Å². The van der Waals surface area contributed by atoms with Gasteiger partial charge in [0.25, 0.3) is 0 Å². The van der Waals surface area contributed by atoms with Crippen LogP contribution in [0.4, 0.5) is 4.39 Å². The molecule has 0 aliphatic carbocycles. The predicted molar refractivity (Wildman–Crippen MR) is 96.0 cm³/mol. The zero-order chi connectivity index (χ0) is 19.3. The molecule has 0 radical (unpaired) electrons. The number of furan rings is 1. The first kappa shape index (κ1) is 20.1. The van der Waals surface area contributed by atoms with Crippen LogP contribution in [0.2, 0.25) is 0 Å². The Labute approximate surface area is 153 Å². The van der Waals surface area contributed by atoms with E-state index in [4.69, 9.17) is 4.42 Å². The van der Waals surface area contributed by atoms with Crippen LogP contribution < -0.4 is 0 Å². The van der Waals surface area contributed by atoms with Gasteiger partial charge in [0, 0.05) is 12.6 Å². The number of rotatable bonds is 8. The highest BCUT2D eigenvalue weighted by Crippen LogP contribution is 2.14. The Bertz CT molecular complexity index is 817. The number of benzene rings is 1. The number of nitrogens with zero attached hydrogens (tertiary/aromatic N) is 2. The zero-order valence-electron chi connectivity index (χ0n) is 15.1. The van der Waals surface area contributed by atoms with Gasteiger partial charge in [-0.3, -0.25) is 4.79 Å². The molecule has 142 valence electrons. The summed E-state index contributed by atoms with van der Waals surface area (Å²) in [5.41, 5.74) is 0.738. The number of sulfonamides is 1. The second kappa shape index (κ2) is 8.46. The van der Waals surface area contributed by atoms with Gasteiger partial charge in [-0.05, 0) is 43.7 Å². The molecule has 0 unspecified atom stereocenters. The molecule has 2 rings (SSSR count). The summed E-state index contributed by atoms with van der Waals surface area (Å²) in [6, 6.07) is 8.94. The molecule has 1 amide bonds. The van der Waals surface area contributed by atoms with Crippen molar-refractivity contribution in [2.75, 3.05) is 12.8 Å². The zero-order valence-corrected chi connectivity index (χ0v) is 15.9. The van der Waals surface area contributed by atoms with E-state index < -0.39 is 10.0 Å². The van der Waals surface area contributed by atoms with Crippen molar-refractivity contribution in [3.05, 3.63) is 59.8 Å². The lowest BCUT2D eigenvalue weighted by atomic mass is 10.2. The standard InChI is InChI=1S/C18H23FN2O4S/c1-14(2)21(26(3,23)24)13-18(22)20(12-17-5-4-10-25-17)11-15-6-8-16(19)9-7-15/h4-10,14H,11-13H2,1-3H3. The third-order valence-corrected chi connectivity index (χ3v) is 5.26. The van der Waals surface area contributed by atoms with E-state index in [9.17, 15) is 17.6 Å². The number of halogens is 1. The van der Waals surface area contributed by atoms with Crippen molar-refractivity contribution in [3.63, 3.8) is 0 Å².